The van der Waals surface area contributed by atoms with Crippen LogP contribution in [0.25, 0.3) is 0 Å². The van der Waals surface area contributed by atoms with E-state index in [0.717, 1.165) is 17.7 Å². The van der Waals surface area contributed by atoms with Crippen LogP contribution < -0.4 is 4.74 Å². The summed E-state index contributed by atoms with van der Waals surface area (Å²) in [5, 5.41) is 0. The number of amides is 1. The van der Waals surface area contributed by atoms with E-state index in [-0.39, 0.29) is 18.4 Å². The van der Waals surface area contributed by atoms with Crippen molar-refractivity contribution in [2.24, 2.45) is 0 Å². The van der Waals surface area contributed by atoms with Crippen molar-refractivity contribution in [3.8, 4) is 5.75 Å². The number of carbonyl (C=O) groups is 2. The lowest BCUT2D eigenvalue weighted by molar-refractivity contribution is -0.143. The van der Waals surface area contributed by atoms with Gasteiger partial charge in [-0.25, -0.2) is 0 Å². The number of esters is 1. The summed E-state index contributed by atoms with van der Waals surface area (Å²) in [6.07, 6.45) is 0.820. The van der Waals surface area contributed by atoms with Gasteiger partial charge in [-0.15, -0.1) is 0 Å². The van der Waals surface area contributed by atoms with Gasteiger partial charge in [0.15, 0.2) is 0 Å². The molecule has 0 radical (unpaired) electrons. The Kier molecular flexibility index (Phi) is 4.61. The minimum absolute atomic E-state index is 0.0171. The molecule has 1 heterocycles. The number of ether oxygens (including phenoxy) is 2. The smallest absolute Gasteiger partial charge is 0.325 e. The molecule has 20 heavy (non-hydrogen) atoms. The van der Waals surface area contributed by atoms with Gasteiger partial charge in [0.05, 0.1) is 13.2 Å². The average molecular weight is 277 g/mol. The minimum Gasteiger partial charge on any atom is -0.493 e. The molecule has 0 atom stereocenters. The monoisotopic (exact) mass is 277 g/mol. The largest absolute Gasteiger partial charge is 0.493 e. The molecule has 1 aromatic carbocycles. The molecule has 0 spiro atoms. The van der Waals surface area contributed by atoms with Crippen molar-refractivity contribution in [3.63, 3.8) is 0 Å². The molecule has 1 aliphatic heterocycles. The van der Waals surface area contributed by atoms with E-state index in [1.54, 1.807) is 13.0 Å². The molecular weight excluding hydrogens is 258 g/mol. The van der Waals surface area contributed by atoms with Gasteiger partial charge in [0.2, 0.25) is 0 Å². The second kappa shape index (κ2) is 6.41. The van der Waals surface area contributed by atoms with E-state index in [1.165, 1.54) is 4.90 Å². The van der Waals surface area contributed by atoms with Gasteiger partial charge >= 0.3 is 5.97 Å². The highest BCUT2D eigenvalue weighted by molar-refractivity contribution is 5.96. The average Bonchev–Trinajstić information content (AvgIpc) is 2.91. The van der Waals surface area contributed by atoms with Gasteiger partial charge in [0.1, 0.15) is 12.3 Å². The van der Waals surface area contributed by atoms with Crippen LogP contribution in [0.15, 0.2) is 18.2 Å². The standard InChI is InChI=1S/C15H19NO4/c1-3-16(10-14(17)19-4-2)15(18)12-5-6-13-11(9-12)7-8-20-13/h5-6,9H,3-4,7-8,10H2,1-2H3. The van der Waals surface area contributed by atoms with Crippen molar-refractivity contribution in [2.45, 2.75) is 20.3 Å². The van der Waals surface area contributed by atoms with Crippen LogP contribution in [-0.2, 0) is 16.0 Å². The Balaban J connectivity index is 2.10. The predicted molar refractivity (Wildman–Crippen MR) is 73.9 cm³/mol. The van der Waals surface area contributed by atoms with Crippen LogP contribution in [0.5, 0.6) is 5.75 Å². The second-order valence-electron chi connectivity index (χ2n) is 4.55. The molecule has 1 aromatic rings. The molecule has 0 fully saturated rings. The maximum Gasteiger partial charge on any atom is 0.325 e. The number of hydrogen-bond donors (Lipinski definition) is 0. The summed E-state index contributed by atoms with van der Waals surface area (Å²) in [5.41, 5.74) is 1.63. The van der Waals surface area contributed by atoms with Crippen LogP contribution in [0.1, 0.15) is 29.8 Å². The maximum absolute atomic E-state index is 12.4. The van der Waals surface area contributed by atoms with Gasteiger partial charge in [-0.3, -0.25) is 9.59 Å². The molecule has 0 unspecified atom stereocenters. The van der Waals surface area contributed by atoms with Gasteiger partial charge in [-0.1, -0.05) is 0 Å². The zero-order valence-electron chi connectivity index (χ0n) is 11.8. The first kappa shape index (κ1) is 14.4. The predicted octanol–water partition coefficient (Wildman–Crippen LogP) is 1.65. The summed E-state index contributed by atoms with van der Waals surface area (Å²) >= 11 is 0. The number of nitrogens with zero attached hydrogens (tertiary/aromatic N) is 1. The van der Waals surface area contributed by atoms with Crippen LogP contribution in [0.2, 0.25) is 0 Å². The van der Waals surface area contributed by atoms with Gasteiger partial charge in [-0.05, 0) is 37.6 Å². The normalized spacial score (nSPS) is 12.5. The fourth-order valence-corrected chi connectivity index (χ4v) is 2.19. The topological polar surface area (TPSA) is 55.8 Å². The Labute approximate surface area is 118 Å². The van der Waals surface area contributed by atoms with Crippen LogP contribution in [0, 0.1) is 0 Å². The molecule has 0 saturated heterocycles. The Hall–Kier alpha value is -2.04. The third-order valence-electron chi connectivity index (χ3n) is 3.23. The summed E-state index contributed by atoms with van der Waals surface area (Å²) in [4.78, 5) is 25.4. The molecule has 5 nitrogen and oxygen atoms in total. The molecule has 0 aromatic heterocycles. The highest BCUT2D eigenvalue weighted by atomic mass is 16.5. The summed E-state index contributed by atoms with van der Waals surface area (Å²) in [6.45, 7) is 5.01. The third-order valence-corrected chi connectivity index (χ3v) is 3.23. The van der Waals surface area contributed by atoms with Crippen molar-refractivity contribution in [1.82, 2.24) is 4.90 Å². The van der Waals surface area contributed by atoms with Crippen molar-refractivity contribution < 1.29 is 19.1 Å². The number of hydrogen-bond acceptors (Lipinski definition) is 4. The van der Waals surface area contributed by atoms with Crippen molar-refractivity contribution in [2.75, 3.05) is 26.3 Å². The fourth-order valence-electron chi connectivity index (χ4n) is 2.19. The van der Waals surface area contributed by atoms with Crippen LogP contribution in [0.3, 0.4) is 0 Å². The van der Waals surface area contributed by atoms with E-state index in [9.17, 15) is 9.59 Å². The lowest BCUT2D eigenvalue weighted by Gasteiger charge is -2.20. The lowest BCUT2D eigenvalue weighted by Crippen LogP contribution is -2.36. The van der Waals surface area contributed by atoms with Crippen molar-refractivity contribution in [1.29, 1.82) is 0 Å². The SMILES string of the molecule is CCOC(=O)CN(CC)C(=O)c1ccc2c(c1)CCO2. The van der Waals surface area contributed by atoms with Crippen LogP contribution in [0.4, 0.5) is 0 Å². The van der Waals surface area contributed by atoms with E-state index in [2.05, 4.69) is 0 Å². The number of fused-ring (bicyclic) bond motifs is 1. The van der Waals surface area contributed by atoms with E-state index in [1.807, 2.05) is 19.1 Å². The van der Waals surface area contributed by atoms with Crippen LogP contribution in [-0.4, -0.2) is 43.1 Å². The highest BCUT2D eigenvalue weighted by Crippen LogP contribution is 2.26. The molecule has 108 valence electrons. The fraction of sp³-hybridized carbons (Fsp3) is 0.467. The minimum atomic E-state index is -0.382. The molecule has 1 amide bonds. The number of likely N-dealkylation sites (N-methyl/N-ethyl adjacent to an activating group) is 1. The van der Waals surface area contributed by atoms with E-state index in [4.69, 9.17) is 9.47 Å². The summed E-state index contributed by atoms with van der Waals surface area (Å²) in [5.74, 6) is 0.303. The Morgan fingerprint density at radius 1 is 1.35 bits per heavy atom. The Morgan fingerprint density at radius 2 is 2.15 bits per heavy atom. The second-order valence-corrected chi connectivity index (χ2v) is 4.55. The first-order valence-electron chi connectivity index (χ1n) is 6.86. The molecule has 5 heteroatoms. The molecule has 0 saturated carbocycles. The van der Waals surface area contributed by atoms with Gasteiger partial charge < -0.3 is 14.4 Å². The Morgan fingerprint density at radius 3 is 2.85 bits per heavy atom. The molecule has 2 rings (SSSR count). The number of carbonyl (C=O) groups excluding carboxylic acids is 2. The third kappa shape index (κ3) is 3.10. The van der Waals surface area contributed by atoms with E-state index in [0.29, 0.717) is 25.3 Å². The van der Waals surface area contributed by atoms with Gasteiger partial charge in [-0.2, -0.15) is 0 Å². The summed E-state index contributed by atoms with van der Waals surface area (Å²) in [7, 11) is 0. The highest BCUT2D eigenvalue weighted by Gasteiger charge is 2.20. The molecule has 0 bridgehead atoms. The molecule has 0 N–H and O–H groups in total. The first-order chi connectivity index (χ1) is 9.65. The number of benzene rings is 1. The van der Waals surface area contributed by atoms with Gasteiger partial charge in [0.25, 0.3) is 5.91 Å². The van der Waals surface area contributed by atoms with Crippen LogP contribution >= 0.6 is 0 Å². The van der Waals surface area contributed by atoms with Crippen molar-refractivity contribution in [3.05, 3.63) is 29.3 Å². The Bertz CT molecular complexity index is 513. The quantitative estimate of drug-likeness (QED) is 0.768. The number of rotatable bonds is 5. The van der Waals surface area contributed by atoms with E-state index < -0.39 is 0 Å². The zero-order chi connectivity index (χ0) is 14.5. The lowest BCUT2D eigenvalue weighted by atomic mass is 10.1. The maximum atomic E-state index is 12.4. The van der Waals surface area contributed by atoms with Gasteiger partial charge in [0, 0.05) is 18.5 Å². The van der Waals surface area contributed by atoms with Crippen molar-refractivity contribution >= 4 is 11.9 Å². The molecule has 1 aliphatic rings. The van der Waals surface area contributed by atoms with E-state index >= 15 is 0 Å². The molecular formula is C15H19NO4. The zero-order valence-corrected chi connectivity index (χ0v) is 11.8. The first-order valence-corrected chi connectivity index (χ1v) is 6.86. The summed E-state index contributed by atoms with van der Waals surface area (Å²) < 4.78 is 10.3. The summed E-state index contributed by atoms with van der Waals surface area (Å²) in [6, 6.07) is 5.40. The molecule has 0 aliphatic carbocycles.